The van der Waals surface area contributed by atoms with Crippen LogP contribution in [0, 0.1) is 22.7 Å². The van der Waals surface area contributed by atoms with Crippen LogP contribution in [-0.4, -0.2) is 19.2 Å². The summed E-state index contributed by atoms with van der Waals surface area (Å²) in [5.41, 5.74) is -0.0452. The molecule has 0 aliphatic rings. The molecule has 22 heavy (non-hydrogen) atoms. The molecule has 0 aliphatic carbocycles. The van der Waals surface area contributed by atoms with Gasteiger partial charge in [-0.2, -0.15) is 10.5 Å². The zero-order chi connectivity index (χ0) is 16.3. The summed E-state index contributed by atoms with van der Waals surface area (Å²) in [7, 11) is 2.96. The van der Waals surface area contributed by atoms with E-state index in [9.17, 15) is 15.3 Å². The van der Waals surface area contributed by atoms with E-state index in [0.29, 0.717) is 17.1 Å². The molecule has 6 nitrogen and oxygen atoms in total. The van der Waals surface area contributed by atoms with Crippen molar-refractivity contribution in [2.75, 3.05) is 14.2 Å². The molecule has 0 saturated carbocycles. The maximum Gasteiger partial charge on any atom is 0.267 e. The van der Waals surface area contributed by atoms with E-state index in [1.807, 2.05) is 12.1 Å². The summed E-state index contributed by atoms with van der Waals surface area (Å²) < 4.78 is 10.4. The molecule has 7 heteroatoms. The second kappa shape index (κ2) is 6.25. The number of nitriles is 2. The summed E-state index contributed by atoms with van der Waals surface area (Å²) in [6.07, 6.45) is 0. The number of rotatable bonds is 3. The lowest BCUT2D eigenvalue weighted by atomic mass is 9.96. The quantitative estimate of drug-likeness (QED) is 0.845. The first-order chi connectivity index (χ1) is 10.6. The molecule has 1 N–H and O–H groups in total. The SMILES string of the molecule is COc1ccc(-c2c(C#N)c(S)[nH]c(=O)c2C#N)c(OC)c1. The Bertz CT molecular complexity index is 875. The Morgan fingerprint density at radius 2 is 1.82 bits per heavy atom. The maximum absolute atomic E-state index is 12.0. The molecule has 0 aliphatic heterocycles. The number of nitrogens with one attached hydrogen (secondary N) is 1. The Morgan fingerprint density at radius 3 is 2.36 bits per heavy atom. The summed E-state index contributed by atoms with van der Waals surface area (Å²) in [5, 5.41) is 18.7. The predicted molar refractivity (Wildman–Crippen MR) is 82.3 cm³/mol. The van der Waals surface area contributed by atoms with Gasteiger partial charge < -0.3 is 14.5 Å². The fourth-order valence-corrected chi connectivity index (χ4v) is 2.34. The van der Waals surface area contributed by atoms with Crippen LogP contribution in [0.1, 0.15) is 11.1 Å². The number of thiol groups is 1. The van der Waals surface area contributed by atoms with Gasteiger partial charge in [-0.15, -0.1) is 12.6 Å². The maximum atomic E-state index is 12.0. The predicted octanol–water partition coefficient (Wildman–Crippen LogP) is 2.09. The van der Waals surface area contributed by atoms with Gasteiger partial charge in [-0.1, -0.05) is 0 Å². The van der Waals surface area contributed by atoms with Gasteiger partial charge in [0.05, 0.1) is 24.8 Å². The van der Waals surface area contributed by atoms with Gasteiger partial charge in [0.2, 0.25) is 0 Å². The molecule has 1 aromatic carbocycles. The highest BCUT2D eigenvalue weighted by Gasteiger charge is 2.21. The highest BCUT2D eigenvalue weighted by molar-refractivity contribution is 7.80. The third-order valence-corrected chi connectivity index (χ3v) is 3.43. The number of H-pyrrole nitrogens is 1. The van der Waals surface area contributed by atoms with Gasteiger partial charge in [0.25, 0.3) is 5.56 Å². The van der Waals surface area contributed by atoms with E-state index in [4.69, 9.17) is 9.47 Å². The van der Waals surface area contributed by atoms with Crippen LogP contribution in [0.4, 0.5) is 0 Å². The molecule has 2 rings (SSSR count). The highest BCUT2D eigenvalue weighted by atomic mass is 32.1. The Morgan fingerprint density at radius 1 is 1.14 bits per heavy atom. The van der Waals surface area contributed by atoms with Gasteiger partial charge in [0.15, 0.2) is 0 Å². The first-order valence-corrected chi connectivity index (χ1v) is 6.53. The van der Waals surface area contributed by atoms with E-state index >= 15 is 0 Å². The molecule has 2 aromatic rings. The largest absolute Gasteiger partial charge is 0.497 e. The van der Waals surface area contributed by atoms with Gasteiger partial charge in [-0.05, 0) is 12.1 Å². The zero-order valence-corrected chi connectivity index (χ0v) is 12.7. The molecule has 0 atom stereocenters. The van der Waals surface area contributed by atoms with Crippen molar-refractivity contribution in [1.29, 1.82) is 10.5 Å². The van der Waals surface area contributed by atoms with E-state index in [2.05, 4.69) is 17.6 Å². The monoisotopic (exact) mass is 313 g/mol. The van der Waals surface area contributed by atoms with Crippen molar-refractivity contribution >= 4 is 12.6 Å². The van der Waals surface area contributed by atoms with Crippen molar-refractivity contribution in [3.8, 4) is 34.8 Å². The lowest BCUT2D eigenvalue weighted by molar-refractivity contribution is 0.395. The zero-order valence-electron chi connectivity index (χ0n) is 11.8. The van der Waals surface area contributed by atoms with Crippen LogP contribution in [0.25, 0.3) is 11.1 Å². The smallest absolute Gasteiger partial charge is 0.267 e. The van der Waals surface area contributed by atoms with Crippen LogP contribution in [0.15, 0.2) is 28.0 Å². The number of hydrogen-bond acceptors (Lipinski definition) is 6. The average molecular weight is 313 g/mol. The van der Waals surface area contributed by atoms with E-state index in [1.165, 1.54) is 14.2 Å². The third-order valence-electron chi connectivity index (χ3n) is 3.10. The minimum Gasteiger partial charge on any atom is -0.497 e. The molecule has 0 amide bonds. The Balaban J connectivity index is 2.92. The molecule has 0 spiro atoms. The van der Waals surface area contributed by atoms with Gasteiger partial charge in [0.1, 0.15) is 29.2 Å². The Kier molecular flexibility index (Phi) is 4.40. The van der Waals surface area contributed by atoms with Crippen LogP contribution < -0.4 is 15.0 Å². The lowest BCUT2D eigenvalue weighted by Gasteiger charge is -2.13. The standard InChI is InChI=1S/C15H11N3O3S/c1-20-8-3-4-9(12(5-8)21-2)13-10(6-16)14(19)18-15(22)11(13)7-17/h3-5H,1-2H3,(H2,18,19,22). The van der Waals surface area contributed by atoms with E-state index in [1.54, 1.807) is 18.2 Å². The number of aromatic amines is 1. The summed E-state index contributed by atoms with van der Waals surface area (Å²) in [6.45, 7) is 0. The van der Waals surface area contributed by atoms with Crippen molar-refractivity contribution in [2.45, 2.75) is 5.03 Å². The van der Waals surface area contributed by atoms with Gasteiger partial charge in [-0.3, -0.25) is 4.79 Å². The highest BCUT2D eigenvalue weighted by Crippen LogP contribution is 2.37. The van der Waals surface area contributed by atoms with E-state index in [0.717, 1.165) is 0 Å². The number of ether oxygens (including phenoxy) is 2. The second-order valence-corrected chi connectivity index (χ2v) is 4.66. The minimum absolute atomic E-state index is 0.0966. The number of methoxy groups -OCH3 is 2. The molecule has 0 radical (unpaired) electrons. The molecule has 110 valence electrons. The van der Waals surface area contributed by atoms with Crippen LogP contribution in [-0.2, 0) is 0 Å². The molecule has 1 heterocycles. The molecule has 0 bridgehead atoms. The van der Waals surface area contributed by atoms with Crippen molar-refractivity contribution in [3.05, 3.63) is 39.7 Å². The van der Waals surface area contributed by atoms with Crippen LogP contribution in [0.2, 0.25) is 0 Å². The normalized spacial score (nSPS) is 9.68. The summed E-state index contributed by atoms with van der Waals surface area (Å²) in [4.78, 5) is 14.3. The fraction of sp³-hybridized carbons (Fsp3) is 0.133. The molecule has 0 fully saturated rings. The van der Waals surface area contributed by atoms with E-state index < -0.39 is 5.56 Å². The number of nitrogens with zero attached hydrogens (tertiary/aromatic N) is 2. The minimum atomic E-state index is -0.612. The van der Waals surface area contributed by atoms with Gasteiger partial charge >= 0.3 is 0 Å². The molecule has 0 unspecified atom stereocenters. The lowest BCUT2D eigenvalue weighted by Crippen LogP contribution is -2.14. The van der Waals surface area contributed by atoms with Crippen molar-refractivity contribution in [3.63, 3.8) is 0 Å². The summed E-state index contributed by atoms with van der Waals surface area (Å²) >= 11 is 4.10. The topological polar surface area (TPSA) is 98.9 Å². The van der Waals surface area contributed by atoms with Crippen LogP contribution in [0.5, 0.6) is 11.5 Å². The van der Waals surface area contributed by atoms with Gasteiger partial charge in [0, 0.05) is 17.2 Å². The number of hydrogen-bond donors (Lipinski definition) is 2. The number of pyridine rings is 1. The number of aromatic nitrogens is 1. The molecular weight excluding hydrogens is 302 g/mol. The van der Waals surface area contributed by atoms with Crippen molar-refractivity contribution in [2.24, 2.45) is 0 Å². The Labute approximate surface area is 131 Å². The average Bonchev–Trinajstić information content (AvgIpc) is 2.53. The van der Waals surface area contributed by atoms with E-state index in [-0.39, 0.29) is 21.7 Å². The van der Waals surface area contributed by atoms with Crippen molar-refractivity contribution in [1.82, 2.24) is 4.98 Å². The third kappa shape index (κ3) is 2.50. The second-order valence-electron chi connectivity index (χ2n) is 4.22. The summed E-state index contributed by atoms with van der Waals surface area (Å²) in [5.74, 6) is 0.930. The Hall–Kier alpha value is -2.90. The fourth-order valence-electron chi connectivity index (χ4n) is 2.08. The van der Waals surface area contributed by atoms with Crippen LogP contribution >= 0.6 is 12.6 Å². The summed E-state index contributed by atoms with van der Waals surface area (Å²) in [6, 6.07) is 8.68. The van der Waals surface area contributed by atoms with Crippen molar-refractivity contribution < 1.29 is 9.47 Å². The molecule has 1 aromatic heterocycles. The molecule has 0 saturated heterocycles. The first-order valence-electron chi connectivity index (χ1n) is 6.09. The van der Waals surface area contributed by atoms with Gasteiger partial charge in [-0.25, -0.2) is 0 Å². The molecular formula is C15H11N3O3S. The first kappa shape index (κ1) is 15.5. The van der Waals surface area contributed by atoms with Crippen LogP contribution in [0.3, 0.4) is 0 Å². The number of benzene rings is 1.